The van der Waals surface area contributed by atoms with Crippen LogP contribution in [0.2, 0.25) is 0 Å². The molecule has 0 unspecified atom stereocenters. The molecule has 20 heavy (non-hydrogen) atoms. The highest BCUT2D eigenvalue weighted by molar-refractivity contribution is 7.89. The first kappa shape index (κ1) is 13.6. The molecule has 1 aliphatic rings. The standard InChI is InChI=1S/C12H10F2N2O2S2/c13-6-4-7(11(14)10(5-6)20(15,17)18)12-16-8-2-1-3-9(8)19-12/h4-5H,1-3H2,(H2,15,17,18). The number of nitrogens with two attached hydrogens (primary N) is 1. The topological polar surface area (TPSA) is 73.1 Å². The summed E-state index contributed by atoms with van der Waals surface area (Å²) in [5.41, 5.74) is 0.722. The normalized spacial score (nSPS) is 14.6. The number of hydrogen-bond donors (Lipinski definition) is 1. The zero-order valence-electron chi connectivity index (χ0n) is 10.2. The van der Waals surface area contributed by atoms with Gasteiger partial charge in [0.2, 0.25) is 10.0 Å². The van der Waals surface area contributed by atoms with Crippen LogP contribution in [-0.2, 0) is 22.9 Å². The summed E-state index contributed by atoms with van der Waals surface area (Å²) in [6.45, 7) is 0. The summed E-state index contributed by atoms with van der Waals surface area (Å²) in [4.78, 5) is 4.46. The Morgan fingerprint density at radius 3 is 2.65 bits per heavy atom. The number of rotatable bonds is 2. The van der Waals surface area contributed by atoms with Crippen LogP contribution in [0.4, 0.5) is 8.78 Å². The van der Waals surface area contributed by atoms with Crippen molar-refractivity contribution in [1.29, 1.82) is 0 Å². The summed E-state index contributed by atoms with van der Waals surface area (Å²) in [6.07, 6.45) is 2.68. The number of aryl methyl sites for hydroxylation is 2. The average molecular weight is 316 g/mol. The van der Waals surface area contributed by atoms with E-state index < -0.39 is 26.6 Å². The lowest BCUT2D eigenvalue weighted by Gasteiger charge is -2.05. The number of sulfonamides is 1. The maximum Gasteiger partial charge on any atom is 0.241 e. The van der Waals surface area contributed by atoms with Crippen LogP contribution in [0, 0.1) is 11.6 Å². The molecule has 2 N–H and O–H groups in total. The zero-order chi connectivity index (χ0) is 14.5. The molecule has 0 radical (unpaired) electrons. The van der Waals surface area contributed by atoms with Gasteiger partial charge in [0.15, 0.2) is 5.82 Å². The second-order valence-corrected chi connectivity index (χ2v) is 7.17. The Bertz CT molecular complexity index is 779. The molecule has 1 aromatic heterocycles. The van der Waals surface area contributed by atoms with E-state index in [0.717, 1.165) is 35.9 Å². The molecule has 0 saturated heterocycles. The summed E-state index contributed by atoms with van der Waals surface area (Å²) in [7, 11) is -4.32. The SMILES string of the molecule is NS(=O)(=O)c1cc(F)cc(-c2nc3c(s2)CCC3)c1F. The fourth-order valence-electron chi connectivity index (χ4n) is 2.23. The van der Waals surface area contributed by atoms with E-state index in [1.54, 1.807) is 0 Å². The van der Waals surface area contributed by atoms with Crippen molar-refractivity contribution in [3.8, 4) is 10.6 Å². The molecule has 0 spiro atoms. The van der Waals surface area contributed by atoms with Crippen molar-refractivity contribution in [3.63, 3.8) is 0 Å². The predicted molar refractivity (Wildman–Crippen MR) is 70.9 cm³/mol. The number of thiazole rings is 1. The minimum Gasteiger partial charge on any atom is -0.241 e. The number of primary sulfonamides is 1. The van der Waals surface area contributed by atoms with E-state index in [1.807, 2.05) is 0 Å². The number of aromatic nitrogens is 1. The van der Waals surface area contributed by atoms with Crippen LogP contribution in [0.1, 0.15) is 17.0 Å². The molecular weight excluding hydrogens is 306 g/mol. The molecule has 1 aliphatic carbocycles. The highest BCUT2D eigenvalue weighted by atomic mass is 32.2. The second kappa shape index (κ2) is 4.57. The molecule has 1 aromatic carbocycles. The Kier molecular flexibility index (Phi) is 3.11. The maximum atomic E-state index is 14.2. The third-order valence-corrected chi connectivity index (χ3v) is 5.24. The molecule has 8 heteroatoms. The van der Waals surface area contributed by atoms with E-state index in [2.05, 4.69) is 4.98 Å². The largest absolute Gasteiger partial charge is 0.241 e. The van der Waals surface area contributed by atoms with Crippen LogP contribution < -0.4 is 5.14 Å². The number of hydrogen-bond acceptors (Lipinski definition) is 4. The highest BCUT2D eigenvalue weighted by Crippen LogP contribution is 2.36. The van der Waals surface area contributed by atoms with Crippen LogP contribution in [0.15, 0.2) is 17.0 Å². The number of nitrogens with zero attached hydrogens (tertiary/aromatic N) is 1. The first-order chi connectivity index (χ1) is 9.36. The first-order valence-electron chi connectivity index (χ1n) is 5.87. The summed E-state index contributed by atoms with van der Waals surface area (Å²) in [6, 6.07) is 1.52. The second-order valence-electron chi connectivity index (χ2n) is 4.55. The number of halogens is 2. The van der Waals surface area contributed by atoms with Gasteiger partial charge in [0.1, 0.15) is 15.7 Å². The first-order valence-corrected chi connectivity index (χ1v) is 8.23. The molecular formula is C12H10F2N2O2S2. The van der Waals surface area contributed by atoms with Gasteiger partial charge in [0, 0.05) is 4.88 Å². The summed E-state index contributed by atoms with van der Waals surface area (Å²) in [5.74, 6) is -1.91. The van der Waals surface area contributed by atoms with Gasteiger partial charge in [0.05, 0.1) is 11.3 Å². The van der Waals surface area contributed by atoms with E-state index in [4.69, 9.17) is 5.14 Å². The third kappa shape index (κ3) is 2.23. The van der Waals surface area contributed by atoms with E-state index in [1.165, 1.54) is 11.3 Å². The van der Waals surface area contributed by atoms with Crippen molar-refractivity contribution in [2.24, 2.45) is 5.14 Å². The monoisotopic (exact) mass is 316 g/mol. The molecule has 106 valence electrons. The summed E-state index contributed by atoms with van der Waals surface area (Å²) >= 11 is 1.26. The fraction of sp³-hybridized carbons (Fsp3) is 0.250. The smallest absolute Gasteiger partial charge is 0.241 e. The Labute approximate surface area is 118 Å². The number of fused-ring (bicyclic) bond motifs is 1. The van der Waals surface area contributed by atoms with Crippen LogP contribution in [0.25, 0.3) is 10.6 Å². The van der Waals surface area contributed by atoms with Gasteiger partial charge in [-0.05, 0) is 31.4 Å². The van der Waals surface area contributed by atoms with Crippen molar-refractivity contribution >= 4 is 21.4 Å². The van der Waals surface area contributed by atoms with Crippen molar-refractivity contribution < 1.29 is 17.2 Å². The Morgan fingerprint density at radius 1 is 1.25 bits per heavy atom. The lowest BCUT2D eigenvalue weighted by Crippen LogP contribution is -2.15. The molecule has 0 saturated carbocycles. The molecule has 0 fully saturated rings. The predicted octanol–water partition coefficient (Wildman–Crippen LogP) is 2.22. The van der Waals surface area contributed by atoms with Gasteiger partial charge in [-0.15, -0.1) is 11.3 Å². The van der Waals surface area contributed by atoms with Crippen molar-refractivity contribution in [3.05, 3.63) is 34.3 Å². The van der Waals surface area contributed by atoms with Crippen LogP contribution in [-0.4, -0.2) is 13.4 Å². The van der Waals surface area contributed by atoms with Gasteiger partial charge in [-0.25, -0.2) is 27.3 Å². The molecule has 2 aromatic rings. The minimum absolute atomic E-state index is 0.159. The van der Waals surface area contributed by atoms with E-state index in [9.17, 15) is 17.2 Å². The van der Waals surface area contributed by atoms with E-state index in [-0.39, 0.29) is 10.6 Å². The number of benzene rings is 1. The van der Waals surface area contributed by atoms with Crippen molar-refractivity contribution in [2.75, 3.05) is 0 Å². The molecule has 4 nitrogen and oxygen atoms in total. The van der Waals surface area contributed by atoms with Gasteiger partial charge >= 0.3 is 0 Å². The third-order valence-electron chi connectivity index (χ3n) is 3.14. The summed E-state index contributed by atoms with van der Waals surface area (Å²) in [5, 5.41) is 5.18. The molecule has 3 rings (SSSR count). The average Bonchev–Trinajstić information content (AvgIpc) is 2.90. The quantitative estimate of drug-likeness (QED) is 0.923. The van der Waals surface area contributed by atoms with Crippen LogP contribution >= 0.6 is 11.3 Å². The van der Waals surface area contributed by atoms with E-state index >= 15 is 0 Å². The van der Waals surface area contributed by atoms with Gasteiger partial charge in [0.25, 0.3) is 0 Å². The highest BCUT2D eigenvalue weighted by Gasteiger charge is 2.24. The lowest BCUT2D eigenvalue weighted by atomic mass is 10.2. The van der Waals surface area contributed by atoms with Crippen molar-refractivity contribution in [2.45, 2.75) is 24.2 Å². The van der Waals surface area contributed by atoms with Gasteiger partial charge in [-0.1, -0.05) is 0 Å². The maximum absolute atomic E-state index is 14.2. The molecule has 0 bridgehead atoms. The molecule has 0 atom stereocenters. The Hall–Kier alpha value is -1.38. The minimum atomic E-state index is -4.32. The van der Waals surface area contributed by atoms with Crippen molar-refractivity contribution in [1.82, 2.24) is 4.98 Å². The molecule has 0 aliphatic heterocycles. The Balaban J connectivity index is 2.21. The fourth-order valence-corrected chi connectivity index (χ4v) is 4.03. The molecule has 1 heterocycles. The Morgan fingerprint density at radius 2 is 2.00 bits per heavy atom. The van der Waals surface area contributed by atoms with Gasteiger partial charge in [-0.2, -0.15) is 0 Å². The van der Waals surface area contributed by atoms with E-state index in [0.29, 0.717) is 6.07 Å². The lowest BCUT2D eigenvalue weighted by molar-refractivity contribution is 0.556. The van der Waals surface area contributed by atoms with Gasteiger partial charge in [-0.3, -0.25) is 0 Å². The van der Waals surface area contributed by atoms with Gasteiger partial charge < -0.3 is 0 Å². The molecule has 0 amide bonds. The summed E-state index contributed by atoms with van der Waals surface area (Å²) < 4.78 is 50.3. The van der Waals surface area contributed by atoms with Crippen LogP contribution in [0.3, 0.4) is 0 Å². The van der Waals surface area contributed by atoms with Crippen LogP contribution in [0.5, 0.6) is 0 Å². The zero-order valence-corrected chi connectivity index (χ0v) is 11.8.